The van der Waals surface area contributed by atoms with Gasteiger partial charge in [-0.25, -0.2) is 0 Å². The molecule has 21 heavy (non-hydrogen) atoms. The standard InChI is InChI=1S/C17H21NO3/c1-13-4-6-14(7-5-13)3-2-11-18-12-10-15(17(18)21)8-9-16(19)20/h4-7,10H,2-3,8-9,11-12H2,1H3,(H,19,20). The molecule has 1 aromatic carbocycles. The van der Waals surface area contributed by atoms with Crippen LogP contribution in [0.15, 0.2) is 35.9 Å². The Morgan fingerprint density at radius 3 is 2.62 bits per heavy atom. The van der Waals surface area contributed by atoms with Crippen molar-refractivity contribution in [3.8, 4) is 0 Å². The summed E-state index contributed by atoms with van der Waals surface area (Å²) in [5.74, 6) is -0.860. The minimum Gasteiger partial charge on any atom is -0.481 e. The van der Waals surface area contributed by atoms with Crippen LogP contribution in [0.4, 0.5) is 0 Å². The molecule has 0 atom stereocenters. The molecule has 1 N–H and O–H groups in total. The van der Waals surface area contributed by atoms with Crippen molar-refractivity contribution >= 4 is 11.9 Å². The van der Waals surface area contributed by atoms with Crippen molar-refractivity contribution in [1.82, 2.24) is 4.90 Å². The van der Waals surface area contributed by atoms with E-state index in [4.69, 9.17) is 5.11 Å². The minimum absolute atomic E-state index is 0.000145. The van der Waals surface area contributed by atoms with Gasteiger partial charge in [-0.3, -0.25) is 9.59 Å². The topological polar surface area (TPSA) is 57.6 Å². The van der Waals surface area contributed by atoms with Crippen molar-refractivity contribution in [2.75, 3.05) is 13.1 Å². The van der Waals surface area contributed by atoms with Gasteiger partial charge in [0.25, 0.3) is 0 Å². The summed E-state index contributed by atoms with van der Waals surface area (Å²) in [5.41, 5.74) is 3.18. The van der Waals surface area contributed by atoms with Gasteiger partial charge in [-0.05, 0) is 31.7 Å². The fraction of sp³-hybridized carbons (Fsp3) is 0.412. The number of aliphatic carboxylic acids is 1. The Balaban J connectivity index is 1.74. The highest BCUT2D eigenvalue weighted by Crippen LogP contribution is 2.17. The maximum Gasteiger partial charge on any atom is 0.303 e. The fourth-order valence-electron chi connectivity index (χ4n) is 2.47. The zero-order chi connectivity index (χ0) is 15.2. The monoisotopic (exact) mass is 287 g/mol. The second-order valence-electron chi connectivity index (χ2n) is 5.46. The molecule has 4 heteroatoms. The number of hydrogen-bond acceptors (Lipinski definition) is 2. The lowest BCUT2D eigenvalue weighted by Crippen LogP contribution is -2.28. The molecule has 0 bridgehead atoms. The number of carbonyl (C=O) groups excluding carboxylic acids is 1. The third-order valence-corrected chi connectivity index (χ3v) is 3.74. The summed E-state index contributed by atoms with van der Waals surface area (Å²) >= 11 is 0. The van der Waals surface area contributed by atoms with Crippen LogP contribution in [-0.2, 0) is 16.0 Å². The molecule has 0 fully saturated rings. The summed E-state index contributed by atoms with van der Waals surface area (Å²) in [4.78, 5) is 24.4. The maximum atomic E-state index is 12.1. The molecule has 0 radical (unpaired) electrons. The Bertz CT molecular complexity index is 546. The van der Waals surface area contributed by atoms with Crippen molar-refractivity contribution in [1.29, 1.82) is 0 Å². The first-order valence-corrected chi connectivity index (χ1v) is 7.32. The third-order valence-electron chi connectivity index (χ3n) is 3.74. The molecule has 2 rings (SSSR count). The van der Waals surface area contributed by atoms with Gasteiger partial charge in [0.2, 0.25) is 5.91 Å². The van der Waals surface area contributed by atoms with Crippen LogP contribution in [0.5, 0.6) is 0 Å². The van der Waals surface area contributed by atoms with Crippen LogP contribution in [0.2, 0.25) is 0 Å². The van der Waals surface area contributed by atoms with Gasteiger partial charge in [0.1, 0.15) is 0 Å². The maximum absolute atomic E-state index is 12.1. The van der Waals surface area contributed by atoms with Gasteiger partial charge in [-0.1, -0.05) is 35.9 Å². The first-order chi connectivity index (χ1) is 10.1. The number of benzene rings is 1. The van der Waals surface area contributed by atoms with Crippen LogP contribution in [0.1, 0.15) is 30.4 Å². The van der Waals surface area contributed by atoms with E-state index in [1.165, 1.54) is 11.1 Å². The fourth-order valence-corrected chi connectivity index (χ4v) is 2.47. The average Bonchev–Trinajstić information content (AvgIpc) is 2.80. The van der Waals surface area contributed by atoms with Crippen molar-refractivity contribution in [2.45, 2.75) is 32.6 Å². The first kappa shape index (κ1) is 15.3. The van der Waals surface area contributed by atoms with Gasteiger partial charge in [0.15, 0.2) is 0 Å². The number of carboxylic acids is 1. The summed E-state index contributed by atoms with van der Waals surface area (Å²) in [6.07, 6.45) is 4.10. The van der Waals surface area contributed by atoms with Gasteiger partial charge in [0.05, 0.1) is 0 Å². The molecule has 0 saturated carbocycles. The molecule has 0 aromatic heterocycles. The van der Waals surface area contributed by atoms with Gasteiger partial charge >= 0.3 is 5.97 Å². The van der Waals surface area contributed by atoms with E-state index in [-0.39, 0.29) is 12.3 Å². The normalized spacial score (nSPS) is 14.4. The van der Waals surface area contributed by atoms with Crippen LogP contribution in [-0.4, -0.2) is 35.0 Å². The number of rotatable bonds is 7. The summed E-state index contributed by atoms with van der Waals surface area (Å²) in [6.45, 7) is 3.40. The van der Waals surface area contributed by atoms with E-state index in [1.807, 2.05) is 6.08 Å². The van der Waals surface area contributed by atoms with E-state index < -0.39 is 5.97 Å². The summed E-state index contributed by atoms with van der Waals surface area (Å²) in [6, 6.07) is 8.44. The molecule has 1 aliphatic rings. The Morgan fingerprint density at radius 2 is 1.95 bits per heavy atom. The molecule has 1 heterocycles. The van der Waals surface area contributed by atoms with Crippen LogP contribution in [0, 0.1) is 6.92 Å². The van der Waals surface area contributed by atoms with E-state index in [0.29, 0.717) is 18.5 Å². The highest BCUT2D eigenvalue weighted by atomic mass is 16.4. The predicted octanol–water partition coefficient (Wildman–Crippen LogP) is 2.56. The highest BCUT2D eigenvalue weighted by Gasteiger charge is 2.23. The molecular formula is C17H21NO3. The molecule has 0 saturated heterocycles. The number of nitrogens with zero attached hydrogens (tertiary/aromatic N) is 1. The molecule has 0 unspecified atom stereocenters. The Morgan fingerprint density at radius 1 is 1.24 bits per heavy atom. The van der Waals surface area contributed by atoms with Crippen molar-refractivity contribution in [3.63, 3.8) is 0 Å². The molecule has 4 nitrogen and oxygen atoms in total. The van der Waals surface area contributed by atoms with E-state index in [1.54, 1.807) is 4.90 Å². The third kappa shape index (κ3) is 4.45. The zero-order valence-electron chi connectivity index (χ0n) is 12.3. The number of aryl methyl sites for hydroxylation is 2. The number of amides is 1. The average molecular weight is 287 g/mol. The van der Waals surface area contributed by atoms with Crippen molar-refractivity contribution in [2.24, 2.45) is 0 Å². The largest absolute Gasteiger partial charge is 0.481 e. The molecular weight excluding hydrogens is 266 g/mol. The Hall–Kier alpha value is -2.10. The highest BCUT2D eigenvalue weighted by molar-refractivity contribution is 5.96. The number of carboxylic acid groups (broad SMARTS) is 1. The Kier molecular flexibility index (Phi) is 5.14. The van der Waals surface area contributed by atoms with E-state index in [0.717, 1.165) is 19.4 Å². The number of hydrogen-bond donors (Lipinski definition) is 1. The quantitative estimate of drug-likeness (QED) is 0.838. The molecule has 0 aliphatic carbocycles. The second-order valence-corrected chi connectivity index (χ2v) is 5.46. The molecule has 0 spiro atoms. The van der Waals surface area contributed by atoms with Crippen LogP contribution in [0.3, 0.4) is 0 Å². The van der Waals surface area contributed by atoms with Gasteiger partial charge in [-0.2, -0.15) is 0 Å². The molecule has 112 valence electrons. The SMILES string of the molecule is Cc1ccc(CCCN2CC=C(CCC(=O)O)C2=O)cc1. The predicted molar refractivity (Wildman–Crippen MR) is 81.0 cm³/mol. The summed E-state index contributed by atoms with van der Waals surface area (Å²) in [7, 11) is 0. The smallest absolute Gasteiger partial charge is 0.303 e. The van der Waals surface area contributed by atoms with Gasteiger partial charge in [-0.15, -0.1) is 0 Å². The first-order valence-electron chi connectivity index (χ1n) is 7.32. The van der Waals surface area contributed by atoms with Gasteiger partial charge < -0.3 is 10.0 Å². The van der Waals surface area contributed by atoms with Crippen molar-refractivity contribution in [3.05, 3.63) is 47.0 Å². The molecule has 1 aliphatic heterocycles. The summed E-state index contributed by atoms with van der Waals surface area (Å²) < 4.78 is 0. The Labute approximate surface area is 125 Å². The van der Waals surface area contributed by atoms with E-state index >= 15 is 0 Å². The number of carbonyl (C=O) groups is 2. The summed E-state index contributed by atoms with van der Waals surface area (Å²) in [5, 5.41) is 8.66. The van der Waals surface area contributed by atoms with Crippen LogP contribution < -0.4 is 0 Å². The van der Waals surface area contributed by atoms with E-state index in [9.17, 15) is 9.59 Å². The zero-order valence-corrected chi connectivity index (χ0v) is 12.3. The van der Waals surface area contributed by atoms with Crippen LogP contribution >= 0.6 is 0 Å². The van der Waals surface area contributed by atoms with Crippen molar-refractivity contribution < 1.29 is 14.7 Å². The molecule has 1 aromatic rings. The lowest BCUT2D eigenvalue weighted by atomic mass is 10.1. The second kappa shape index (κ2) is 7.07. The van der Waals surface area contributed by atoms with Gasteiger partial charge in [0, 0.05) is 25.1 Å². The molecule has 1 amide bonds. The van der Waals surface area contributed by atoms with E-state index in [2.05, 4.69) is 31.2 Å². The minimum atomic E-state index is -0.860. The van der Waals surface area contributed by atoms with Crippen LogP contribution in [0.25, 0.3) is 0 Å². The lowest BCUT2D eigenvalue weighted by Gasteiger charge is -2.16. The lowest BCUT2D eigenvalue weighted by molar-refractivity contribution is -0.136.